The van der Waals surface area contributed by atoms with Gasteiger partial charge in [0.2, 0.25) is 0 Å². The van der Waals surface area contributed by atoms with E-state index in [1.807, 2.05) is 0 Å². The third-order valence-corrected chi connectivity index (χ3v) is 9.59. The summed E-state index contributed by atoms with van der Waals surface area (Å²) in [6.07, 6.45) is 0. The summed E-state index contributed by atoms with van der Waals surface area (Å²) in [5.74, 6) is 0. The van der Waals surface area contributed by atoms with Crippen LogP contribution in [0.25, 0.3) is 43.4 Å². The molecule has 0 spiro atoms. The smallest absolute Gasteiger partial charge is 0.0468 e. The molecule has 2 nitrogen and oxygen atoms in total. The SMILES string of the molecule is c1ccc(N(c2ccc(N(c3ccccc3)c3ccc4cccc(-c5cccc6ccccc56)c4c3)cc2)c2ccc3ccccc3c2)cc1. The minimum absolute atomic E-state index is 1.09. The lowest BCUT2D eigenvalue weighted by atomic mass is 9.93. The lowest BCUT2D eigenvalue weighted by molar-refractivity contribution is 1.26. The van der Waals surface area contributed by atoms with Gasteiger partial charge >= 0.3 is 0 Å². The minimum atomic E-state index is 1.09. The van der Waals surface area contributed by atoms with Gasteiger partial charge in [0.25, 0.3) is 0 Å². The number of benzene rings is 9. The Morgan fingerprint density at radius 3 is 1.24 bits per heavy atom. The van der Waals surface area contributed by atoms with Crippen LogP contribution in [0.15, 0.2) is 206 Å². The van der Waals surface area contributed by atoms with Crippen LogP contribution in [0.3, 0.4) is 0 Å². The lowest BCUT2D eigenvalue weighted by Gasteiger charge is -2.28. The predicted octanol–water partition coefficient (Wildman–Crippen LogP) is 13.8. The first-order valence-electron chi connectivity index (χ1n) is 17.1. The summed E-state index contributed by atoms with van der Waals surface area (Å²) in [5.41, 5.74) is 9.13. The largest absolute Gasteiger partial charge is 0.310 e. The molecule has 0 unspecified atom stereocenters. The molecular formula is C48H34N2. The zero-order chi connectivity index (χ0) is 33.3. The van der Waals surface area contributed by atoms with Crippen LogP contribution in [0.5, 0.6) is 0 Å². The van der Waals surface area contributed by atoms with Gasteiger partial charge in [-0.3, -0.25) is 0 Å². The highest BCUT2D eigenvalue weighted by molar-refractivity contribution is 6.06. The fourth-order valence-electron chi connectivity index (χ4n) is 7.21. The van der Waals surface area contributed by atoms with Gasteiger partial charge in [0, 0.05) is 34.1 Å². The van der Waals surface area contributed by atoms with Gasteiger partial charge in [0.05, 0.1) is 0 Å². The van der Waals surface area contributed by atoms with E-state index >= 15 is 0 Å². The Bertz CT molecular complexity index is 2590. The molecule has 236 valence electrons. The molecule has 0 saturated carbocycles. The van der Waals surface area contributed by atoms with Crippen molar-refractivity contribution in [3.05, 3.63) is 206 Å². The van der Waals surface area contributed by atoms with Crippen LogP contribution in [-0.4, -0.2) is 0 Å². The monoisotopic (exact) mass is 638 g/mol. The predicted molar refractivity (Wildman–Crippen MR) is 214 cm³/mol. The summed E-state index contributed by atoms with van der Waals surface area (Å²) in [7, 11) is 0. The van der Waals surface area contributed by atoms with Gasteiger partial charge in [-0.15, -0.1) is 0 Å². The highest BCUT2D eigenvalue weighted by Gasteiger charge is 2.17. The highest BCUT2D eigenvalue weighted by Crippen LogP contribution is 2.42. The zero-order valence-corrected chi connectivity index (χ0v) is 27.5. The van der Waals surface area contributed by atoms with E-state index in [2.05, 4.69) is 216 Å². The van der Waals surface area contributed by atoms with Crippen LogP contribution in [0.2, 0.25) is 0 Å². The Balaban J connectivity index is 1.17. The van der Waals surface area contributed by atoms with Crippen molar-refractivity contribution in [3.8, 4) is 11.1 Å². The molecule has 0 heterocycles. The second-order valence-electron chi connectivity index (χ2n) is 12.6. The maximum Gasteiger partial charge on any atom is 0.0468 e. The van der Waals surface area contributed by atoms with E-state index in [0.717, 1.165) is 34.1 Å². The molecule has 0 bridgehead atoms. The van der Waals surface area contributed by atoms with E-state index in [0.29, 0.717) is 0 Å². The van der Waals surface area contributed by atoms with E-state index in [4.69, 9.17) is 0 Å². The first kappa shape index (κ1) is 29.5. The van der Waals surface area contributed by atoms with Crippen molar-refractivity contribution in [1.29, 1.82) is 0 Å². The fraction of sp³-hybridized carbons (Fsp3) is 0. The average Bonchev–Trinajstić information content (AvgIpc) is 3.19. The molecule has 0 fully saturated rings. The Labute approximate surface area is 292 Å². The van der Waals surface area contributed by atoms with E-state index < -0.39 is 0 Å². The van der Waals surface area contributed by atoms with Gasteiger partial charge in [-0.25, -0.2) is 0 Å². The first-order valence-corrected chi connectivity index (χ1v) is 17.1. The van der Waals surface area contributed by atoms with Gasteiger partial charge in [-0.2, -0.15) is 0 Å². The molecule has 2 heteroatoms. The molecule has 0 radical (unpaired) electrons. The molecule has 0 aromatic heterocycles. The second kappa shape index (κ2) is 12.8. The topological polar surface area (TPSA) is 6.48 Å². The second-order valence-corrected chi connectivity index (χ2v) is 12.6. The summed E-state index contributed by atoms with van der Waals surface area (Å²) < 4.78 is 0. The van der Waals surface area contributed by atoms with Crippen LogP contribution in [0.4, 0.5) is 34.1 Å². The number of hydrogen-bond acceptors (Lipinski definition) is 2. The molecule has 0 atom stereocenters. The van der Waals surface area contributed by atoms with E-state index in [1.54, 1.807) is 0 Å². The quantitative estimate of drug-likeness (QED) is 0.171. The third-order valence-electron chi connectivity index (χ3n) is 9.59. The Hall–Kier alpha value is -6.64. The van der Waals surface area contributed by atoms with Gasteiger partial charge < -0.3 is 9.80 Å². The van der Waals surface area contributed by atoms with Crippen molar-refractivity contribution >= 4 is 66.4 Å². The van der Waals surface area contributed by atoms with Crippen LogP contribution in [0, 0.1) is 0 Å². The van der Waals surface area contributed by atoms with Crippen LogP contribution < -0.4 is 9.80 Å². The molecular weight excluding hydrogens is 605 g/mol. The average molecular weight is 639 g/mol. The maximum absolute atomic E-state index is 2.35. The van der Waals surface area contributed by atoms with E-state index in [1.165, 1.54) is 43.4 Å². The third kappa shape index (κ3) is 5.43. The normalized spacial score (nSPS) is 11.2. The van der Waals surface area contributed by atoms with E-state index in [9.17, 15) is 0 Å². The Kier molecular flexibility index (Phi) is 7.53. The molecule has 50 heavy (non-hydrogen) atoms. The molecule has 0 saturated heterocycles. The number of nitrogens with zero attached hydrogens (tertiary/aromatic N) is 2. The number of hydrogen-bond donors (Lipinski definition) is 0. The summed E-state index contributed by atoms with van der Waals surface area (Å²) in [5, 5.41) is 7.41. The Morgan fingerprint density at radius 2 is 0.620 bits per heavy atom. The van der Waals surface area contributed by atoms with Crippen molar-refractivity contribution in [3.63, 3.8) is 0 Å². The van der Waals surface area contributed by atoms with E-state index in [-0.39, 0.29) is 0 Å². The molecule has 9 aromatic carbocycles. The highest BCUT2D eigenvalue weighted by atomic mass is 15.2. The molecule has 0 amide bonds. The zero-order valence-electron chi connectivity index (χ0n) is 27.5. The van der Waals surface area contributed by atoms with Crippen molar-refractivity contribution in [2.75, 3.05) is 9.80 Å². The number of fused-ring (bicyclic) bond motifs is 3. The Morgan fingerprint density at radius 1 is 0.220 bits per heavy atom. The van der Waals surface area contributed by atoms with Gasteiger partial charge in [-0.1, -0.05) is 133 Å². The van der Waals surface area contributed by atoms with Crippen molar-refractivity contribution < 1.29 is 0 Å². The number of rotatable bonds is 7. The van der Waals surface area contributed by atoms with Gasteiger partial charge in [-0.05, 0) is 116 Å². The standard InChI is InChI=1S/C48H34N2/c1-3-18-39(19-4-1)49(43-27-25-35-13-7-8-15-38(35)33-43)41-29-31-42(32-30-41)50(40-20-5-2-6-21-40)44-28-26-37-17-12-24-47(48(37)34-44)46-23-11-16-36-14-9-10-22-45(36)46/h1-34H. The summed E-state index contributed by atoms with van der Waals surface area (Å²) >= 11 is 0. The number of para-hydroxylation sites is 2. The summed E-state index contributed by atoms with van der Waals surface area (Å²) in [6, 6.07) is 74.1. The summed E-state index contributed by atoms with van der Waals surface area (Å²) in [6.45, 7) is 0. The van der Waals surface area contributed by atoms with Crippen LogP contribution in [0.1, 0.15) is 0 Å². The van der Waals surface area contributed by atoms with Crippen molar-refractivity contribution in [2.45, 2.75) is 0 Å². The summed E-state index contributed by atoms with van der Waals surface area (Å²) in [4.78, 5) is 4.68. The number of anilines is 6. The molecule has 9 rings (SSSR count). The molecule has 9 aromatic rings. The fourth-order valence-corrected chi connectivity index (χ4v) is 7.21. The van der Waals surface area contributed by atoms with Crippen molar-refractivity contribution in [2.24, 2.45) is 0 Å². The van der Waals surface area contributed by atoms with Crippen LogP contribution >= 0.6 is 0 Å². The molecule has 0 N–H and O–H groups in total. The first-order chi connectivity index (χ1) is 24.8. The maximum atomic E-state index is 2.35. The van der Waals surface area contributed by atoms with Crippen molar-refractivity contribution in [1.82, 2.24) is 0 Å². The van der Waals surface area contributed by atoms with Gasteiger partial charge in [0.15, 0.2) is 0 Å². The van der Waals surface area contributed by atoms with Crippen LogP contribution in [-0.2, 0) is 0 Å². The lowest BCUT2D eigenvalue weighted by Crippen LogP contribution is -2.12. The molecule has 0 aliphatic heterocycles. The van der Waals surface area contributed by atoms with Gasteiger partial charge in [0.1, 0.15) is 0 Å². The molecule has 0 aliphatic rings. The molecule has 0 aliphatic carbocycles. The minimum Gasteiger partial charge on any atom is -0.310 e.